The monoisotopic (exact) mass is 309 g/mol. The van der Waals surface area contributed by atoms with E-state index in [0.717, 1.165) is 30.2 Å². The summed E-state index contributed by atoms with van der Waals surface area (Å²) in [6.07, 6.45) is 2.61. The number of hydrogen-bond donors (Lipinski definition) is 2. The van der Waals surface area contributed by atoms with Gasteiger partial charge in [-0.1, -0.05) is 0 Å². The highest BCUT2D eigenvalue weighted by molar-refractivity contribution is 6.04. The number of halogens is 1. The molecule has 1 aromatic rings. The Hall–Kier alpha value is -1.95. The van der Waals surface area contributed by atoms with E-state index in [2.05, 4.69) is 10.1 Å². The van der Waals surface area contributed by atoms with Crippen LogP contribution in [0.5, 0.6) is 0 Å². The molecule has 1 aliphatic carbocycles. The van der Waals surface area contributed by atoms with Crippen molar-refractivity contribution in [2.24, 2.45) is 0 Å². The number of hydrogen-bond acceptors (Lipinski definition) is 3. The molecule has 0 unspecified atom stereocenters. The van der Waals surface area contributed by atoms with E-state index in [4.69, 9.17) is 0 Å². The quantitative estimate of drug-likeness (QED) is 0.813. The van der Waals surface area contributed by atoms with E-state index >= 15 is 0 Å². The Bertz CT molecular complexity index is 610. The van der Waals surface area contributed by atoms with Gasteiger partial charge in [0.2, 0.25) is 0 Å². The van der Waals surface area contributed by atoms with Gasteiger partial charge in [0.25, 0.3) is 5.91 Å². The zero-order valence-corrected chi connectivity index (χ0v) is 13.4. The molecule has 2 rings (SSSR count). The van der Waals surface area contributed by atoms with Gasteiger partial charge in [-0.05, 0) is 31.0 Å². The van der Waals surface area contributed by atoms with Crippen molar-refractivity contribution in [3.8, 4) is 0 Å². The predicted molar refractivity (Wildman–Crippen MR) is 80.5 cm³/mol. The molecular weight excluding hydrogens is 287 g/mol. The van der Waals surface area contributed by atoms with Crippen LogP contribution in [-0.4, -0.2) is 38.6 Å². The minimum Gasteiger partial charge on any atom is -0.465 e. The molecule has 0 bridgehead atoms. The van der Waals surface area contributed by atoms with E-state index in [0.29, 0.717) is 11.3 Å². The molecule has 120 valence electrons. The molecule has 1 aliphatic rings. The van der Waals surface area contributed by atoms with Crippen LogP contribution in [0.3, 0.4) is 0 Å². The van der Waals surface area contributed by atoms with Crippen LogP contribution >= 0.6 is 0 Å². The lowest BCUT2D eigenvalue weighted by atomic mass is 9.75. The molecule has 0 spiro atoms. The number of nitrogens with one attached hydrogen (secondary N) is 2. The molecule has 0 radical (unpaired) electrons. The molecule has 0 saturated heterocycles. The first kappa shape index (κ1) is 16.4. The Labute approximate surface area is 129 Å². The Morgan fingerprint density at radius 2 is 1.95 bits per heavy atom. The van der Waals surface area contributed by atoms with Crippen LogP contribution in [0.2, 0.25) is 0 Å². The number of likely N-dealkylation sites (N-methyl/N-ethyl adjacent to an activating group) is 1. The smallest absolute Gasteiger partial charge is 0.340 e. The van der Waals surface area contributed by atoms with Crippen LogP contribution in [0.25, 0.3) is 0 Å². The molecule has 1 amide bonds. The summed E-state index contributed by atoms with van der Waals surface area (Å²) in [7, 11) is 5.11. The van der Waals surface area contributed by atoms with Gasteiger partial charge in [0, 0.05) is 12.8 Å². The highest BCUT2D eigenvalue weighted by Crippen LogP contribution is 2.31. The largest absolute Gasteiger partial charge is 0.465 e. The first-order chi connectivity index (χ1) is 10.3. The standard InChI is InChI=1S/C16H21FN2O3/c1-10-8-11(17)9-12(14(20)22-4)13(10)18-15(21)16(19(2)3)6-5-7-16/h8-9H,5-7H2,1-4H3,(H,18,21)/p+1. The molecule has 0 aromatic heterocycles. The first-order valence-corrected chi connectivity index (χ1v) is 7.32. The summed E-state index contributed by atoms with van der Waals surface area (Å²) < 4.78 is 18.2. The SMILES string of the molecule is COC(=O)c1cc(F)cc(C)c1NC(=O)C1([NH+](C)C)CCC1. The average Bonchev–Trinajstić information content (AvgIpc) is 2.38. The maximum atomic E-state index is 13.6. The molecule has 6 heteroatoms. The van der Waals surface area contributed by atoms with Gasteiger partial charge in [-0.2, -0.15) is 0 Å². The van der Waals surface area contributed by atoms with Gasteiger partial charge in [0.15, 0.2) is 5.54 Å². The maximum absolute atomic E-state index is 13.6. The van der Waals surface area contributed by atoms with Crippen molar-refractivity contribution < 1.29 is 23.6 Å². The topological polar surface area (TPSA) is 59.8 Å². The van der Waals surface area contributed by atoms with Crippen LogP contribution in [0.15, 0.2) is 12.1 Å². The molecule has 1 fully saturated rings. The zero-order valence-electron chi connectivity index (χ0n) is 13.4. The number of anilines is 1. The van der Waals surface area contributed by atoms with Gasteiger partial charge in [-0.25, -0.2) is 9.18 Å². The summed E-state index contributed by atoms with van der Waals surface area (Å²) in [5.41, 5.74) is 0.383. The molecule has 1 aromatic carbocycles. The normalized spacial score (nSPS) is 16.1. The number of rotatable bonds is 4. The molecule has 1 saturated carbocycles. The van der Waals surface area contributed by atoms with Crippen LogP contribution in [-0.2, 0) is 9.53 Å². The van der Waals surface area contributed by atoms with Crippen molar-refractivity contribution in [1.82, 2.24) is 0 Å². The van der Waals surface area contributed by atoms with Crippen molar-refractivity contribution in [2.45, 2.75) is 31.7 Å². The van der Waals surface area contributed by atoms with Gasteiger partial charge in [0.1, 0.15) is 5.82 Å². The number of carbonyl (C=O) groups is 2. The highest BCUT2D eigenvalue weighted by atomic mass is 19.1. The third-order valence-corrected chi connectivity index (χ3v) is 4.54. The summed E-state index contributed by atoms with van der Waals surface area (Å²) in [6, 6.07) is 2.38. The highest BCUT2D eigenvalue weighted by Gasteiger charge is 2.50. The number of esters is 1. The van der Waals surface area contributed by atoms with Gasteiger partial charge in [0.05, 0.1) is 32.5 Å². The number of ether oxygens (including phenoxy) is 1. The van der Waals surface area contributed by atoms with Gasteiger partial charge in [-0.3, -0.25) is 4.79 Å². The van der Waals surface area contributed by atoms with Crippen LogP contribution in [0.1, 0.15) is 35.2 Å². The van der Waals surface area contributed by atoms with E-state index in [9.17, 15) is 14.0 Å². The van der Waals surface area contributed by atoms with Crippen LogP contribution in [0, 0.1) is 12.7 Å². The number of carbonyl (C=O) groups excluding carboxylic acids is 2. The van der Waals surface area contributed by atoms with Crippen LogP contribution in [0.4, 0.5) is 10.1 Å². The molecule has 0 atom stereocenters. The van der Waals surface area contributed by atoms with Crippen molar-refractivity contribution in [3.63, 3.8) is 0 Å². The van der Waals surface area contributed by atoms with Gasteiger partial charge in [-0.15, -0.1) is 0 Å². The fourth-order valence-electron chi connectivity index (χ4n) is 2.90. The molecule has 2 N–H and O–H groups in total. The van der Waals surface area contributed by atoms with Gasteiger partial charge < -0.3 is 15.0 Å². The number of quaternary nitrogens is 1. The van der Waals surface area contributed by atoms with Crippen molar-refractivity contribution in [3.05, 3.63) is 29.1 Å². The Morgan fingerprint density at radius 1 is 1.32 bits per heavy atom. The second kappa shape index (κ2) is 6.04. The van der Waals surface area contributed by atoms with Crippen molar-refractivity contribution in [1.29, 1.82) is 0 Å². The fourth-order valence-corrected chi connectivity index (χ4v) is 2.90. The van der Waals surface area contributed by atoms with E-state index in [1.54, 1.807) is 6.92 Å². The Morgan fingerprint density at radius 3 is 2.41 bits per heavy atom. The second-order valence-electron chi connectivity index (χ2n) is 6.03. The van der Waals surface area contributed by atoms with E-state index in [1.165, 1.54) is 13.2 Å². The lowest BCUT2D eigenvalue weighted by molar-refractivity contribution is -0.910. The molecule has 22 heavy (non-hydrogen) atoms. The minimum absolute atomic E-state index is 0.0385. The number of aryl methyl sites for hydroxylation is 1. The fraction of sp³-hybridized carbons (Fsp3) is 0.500. The van der Waals surface area contributed by atoms with Gasteiger partial charge >= 0.3 is 5.97 Å². The third kappa shape index (κ3) is 2.70. The average molecular weight is 309 g/mol. The number of methoxy groups -OCH3 is 1. The lowest BCUT2D eigenvalue weighted by Gasteiger charge is -2.42. The summed E-state index contributed by atoms with van der Waals surface area (Å²) in [5, 5.41) is 2.82. The Kier molecular flexibility index (Phi) is 4.51. The predicted octanol–water partition coefficient (Wildman–Crippen LogP) is 0.926. The summed E-state index contributed by atoms with van der Waals surface area (Å²) >= 11 is 0. The lowest BCUT2D eigenvalue weighted by Crippen LogP contribution is -3.18. The third-order valence-electron chi connectivity index (χ3n) is 4.54. The molecule has 5 nitrogen and oxygen atoms in total. The number of benzene rings is 1. The van der Waals surface area contributed by atoms with E-state index in [1.807, 2.05) is 14.1 Å². The Balaban J connectivity index is 2.37. The van der Waals surface area contributed by atoms with Crippen molar-refractivity contribution >= 4 is 17.6 Å². The van der Waals surface area contributed by atoms with Crippen molar-refractivity contribution in [2.75, 3.05) is 26.5 Å². The summed E-state index contributed by atoms with van der Waals surface area (Å²) in [5.74, 6) is -1.34. The summed E-state index contributed by atoms with van der Waals surface area (Å²) in [4.78, 5) is 25.6. The minimum atomic E-state index is -0.669. The maximum Gasteiger partial charge on any atom is 0.340 e. The second-order valence-corrected chi connectivity index (χ2v) is 6.03. The molecule has 0 aliphatic heterocycles. The number of amides is 1. The summed E-state index contributed by atoms with van der Waals surface area (Å²) in [6.45, 7) is 1.65. The van der Waals surface area contributed by atoms with E-state index in [-0.39, 0.29) is 11.5 Å². The zero-order chi connectivity index (χ0) is 16.5. The first-order valence-electron chi connectivity index (χ1n) is 7.32. The molecular formula is C16H22FN2O3+. The molecule has 0 heterocycles. The van der Waals surface area contributed by atoms with E-state index < -0.39 is 17.3 Å². The van der Waals surface area contributed by atoms with Crippen LogP contribution < -0.4 is 10.2 Å².